The predicted octanol–water partition coefficient (Wildman–Crippen LogP) is 3.57. The van der Waals surface area contributed by atoms with Crippen molar-refractivity contribution in [3.05, 3.63) is 62.4 Å². The second-order valence-electron chi connectivity index (χ2n) is 8.57. The largest absolute Gasteiger partial charge is 0.449 e. The molecule has 1 aliphatic rings. The molecular formula is C25H28N4O5S. The first kappa shape index (κ1) is 24.5. The summed E-state index contributed by atoms with van der Waals surface area (Å²) in [5.41, 5.74) is 2.16. The van der Waals surface area contributed by atoms with E-state index in [4.69, 9.17) is 4.74 Å². The number of para-hydroxylation sites is 1. The second kappa shape index (κ2) is 9.91. The quantitative estimate of drug-likeness (QED) is 0.507. The number of rotatable bonds is 6. The lowest BCUT2D eigenvalue weighted by Crippen LogP contribution is -2.32. The van der Waals surface area contributed by atoms with E-state index < -0.39 is 18.0 Å². The molecule has 10 heteroatoms. The van der Waals surface area contributed by atoms with E-state index in [-0.39, 0.29) is 17.2 Å². The molecule has 0 radical (unpaired) electrons. The van der Waals surface area contributed by atoms with Gasteiger partial charge < -0.3 is 15.4 Å². The molecule has 0 unspecified atom stereocenters. The zero-order chi connectivity index (χ0) is 25.3. The average molecular weight is 497 g/mol. The van der Waals surface area contributed by atoms with Crippen LogP contribution in [0.2, 0.25) is 0 Å². The third kappa shape index (κ3) is 4.79. The fourth-order valence-electron chi connectivity index (χ4n) is 4.24. The zero-order valence-corrected chi connectivity index (χ0v) is 21.0. The van der Waals surface area contributed by atoms with Gasteiger partial charge in [-0.2, -0.15) is 0 Å². The highest BCUT2D eigenvalue weighted by atomic mass is 32.1. The van der Waals surface area contributed by atoms with E-state index in [1.807, 2.05) is 18.2 Å². The molecule has 2 heterocycles. The van der Waals surface area contributed by atoms with Gasteiger partial charge in [-0.25, -0.2) is 9.48 Å². The molecule has 2 N–H and O–H groups in total. The minimum Gasteiger partial charge on any atom is -0.449 e. The molecule has 0 fully saturated rings. The van der Waals surface area contributed by atoms with E-state index in [2.05, 4.69) is 10.6 Å². The maximum Gasteiger partial charge on any atom is 0.342 e. The number of ether oxygens (including phenoxy) is 1. The molecule has 2 amide bonds. The van der Waals surface area contributed by atoms with Crippen LogP contribution in [0.25, 0.3) is 5.69 Å². The molecule has 0 aliphatic heterocycles. The Morgan fingerprint density at radius 1 is 1.09 bits per heavy atom. The van der Waals surface area contributed by atoms with Crippen LogP contribution in [0.15, 0.2) is 35.1 Å². The SMILES string of the molecule is CC(=O)Nc1sc2c(c1C(=O)O[C@H](C)C(=O)Nc1c(C)n(C)n(-c3ccccc3)c1=O)CCCC2. The molecule has 9 nitrogen and oxygen atoms in total. The first-order chi connectivity index (χ1) is 16.7. The lowest BCUT2D eigenvalue weighted by atomic mass is 9.95. The van der Waals surface area contributed by atoms with Gasteiger partial charge in [0.1, 0.15) is 10.7 Å². The third-order valence-electron chi connectivity index (χ3n) is 6.12. The van der Waals surface area contributed by atoms with Crippen molar-refractivity contribution in [1.82, 2.24) is 9.36 Å². The monoisotopic (exact) mass is 496 g/mol. The Balaban J connectivity index is 1.55. The molecule has 1 aliphatic carbocycles. The van der Waals surface area contributed by atoms with Crippen LogP contribution in [0.5, 0.6) is 0 Å². The van der Waals surface area contributed by atoms with Gasteiger partial charge in [0.2, 0.25) is 5.91 Å². The van der Waals surface area contributed by atoms with Crippen molar-refractivity contribution in [2.75, 3.05) is 10.6 Å². The number of benzene rings is 1. The Morgan fingerprint density at radius 2 is 1.77 bits per heavy atom. The maximum atomic E-state index is 13.1. The van der Waals surface area contributed by atoms with Gasteiger partial charge in [-0.1, -0.05) is 18.2 Å². The van der Waals surface area contributed by atoms with E-state index in [9.17, 15) is 19.2 Å². The Bertz CT molecular complexity index is 1350. The third-order valence-corrected chi connectivity index (χ3v) is 7.33. The number of nitrogens with one attached hydrogen (secondary N) is 2. The summed E-state index contributed by atoms with van der Waals surface area (Å²) in [6, 6.07) is 9.09. The second-order valence-corrected chi connectivity index (χ2v) is 9.67. The Morgan fingerprint density at radius 3 is 2.46 bits per heavy atom. The molecule has 0 spiro atoms. The van der Waals surface area contributed by atoms with Crippen LogP contribution in [-0.2, 0) is 34.2 Å². The highest BCUT2D eigenvalue weighted by Gasteiger charge is 2.30. The predicted molar refractivity (Wildman–Crippen MR) is 135 cm³/mol. The number of fused-ring (bicyclic) bond motifs is 1. The van der Waals surface area contributed by atoms with Gasteiger partial charge in [0, 0.05) is 18.8 Å². The summed E-state index contributed by atoms with van der Waals surface area (Å²) >= 11 is 1.38. The van der Waals surface area contributed by atoms with E-state index in [0.29, 0.717) is 21.9 Å². The van der Waals surface area contributed by atoms with Gasteiger partial charge in [-0.05, 0) is 57.2 Å². The van der Waals surface area contributed by atoms with Crippen LogP contribution in [0.1, 0.15) is 53.2 Å². The van der Waals surface area contributed by atoms with Crippen LogP contribution in [0.4, 0.5) is 10.7 Å². The lowest BCUT2D eigenvalue weighted by molar-refractivity contribution is -0.123. The van der Waals surface area contributed by atoms with E-state index >= 15 is 0 Å². The number of hydrogen-bond acceptors (Lipinski definition) is 6. The molecule has 0 saturated heterocycles. The summed E-state index contributed by atoms with van der Waals surface area (Å²) < 4.78 is 8.62. The number of hydrogen-bond donors (Lipinski definition) is 2. The number of anilines is 2. The van der Waals surface area contributed by atoms with E-state index in [1.165, 1.54) is 29.9 Å². The Kier molecular flexibility index (Phi) is 6.93. The minimum absolute atomic E-state index is 0.121. The van der Waals surface area contributed by atoms with Gasteiger partial charge in [0.15, 0.2) is 6.10 Å². The summed E-state index contributed by atoms with van der Waals surface area (Å²) in [6.45, 7) is 4.57. The number of aryl methyl sites for hydroxylation is 1. The molecular weight excluding hydrogens is 468 g/mol. The normalized spacial score (nSPS) is 13.6. The van der Waals surface area contributed by atoms with Crippen LogP contribution < -0.4 is 16.2 Å². The smallest absolute Gasteiger partial charge is 0.342 e. The number of carbonyl (C=O) groups excluding carboxylic acids is 3. The topological polar surface area (TPSA) is 111 Å². The first-order valence-electron chi connectivity index (χ1n) is 11.5. The maximum absolute atomic E-state index is 13.1. The molecule has 1 atom stereocenters. The van der Waals surface area contributed by atoms with Crippen molar-refractivity contribution in [2.24, 2.45) is 7.05 Å². The summed E-state index contributed by atoms with van der Waals surface area (Å²) in [5.74, 6) is -1.56. The standard InChI is InChI=1S/C25H28N4O5S/c1-14-21(24(32)29(28(14)4)17-10-6-5-7-11-17)27-22(31)15(2)34-25(33)20-18-12-8-9-13-19(18)35-23(20)26-16(3)30/h5-7,10-11,15H,8-9,12-13H2,1-4H3,(H,26,30)(H,27,31)/t15-/m1/s1. The molecule has 35 heavy (non-hydrogen) atoms. The van der Waals surface area contributed by atoms with Gasteiger partial charge in [-0.3, -0.25) is 19.1 Å². The van der Waals surface area contributed by atoms with Gasteiger partial charge in [0.25, 0.3) is 11.5 Å². The summed E-state index contributed by atoms with van der Waals surface area (Å²) in [5, 5.41) is 5.81. The first-order valence-corrected chi connectivity index (χ1v) is 12.3. The Hall–Kier alpha value is -3.66. The summed E-state index contributed by atoms with van der Waals surface area (Å²) in [6.07, 6.45) is 2.38. The van der Waals surface area contributed by atoms with Crippen molar-refractivity contribution in [3.63, 3.8) is 0 Å². The average Bonchev–Trinajstić information content (AvgIpc) is 3.28. The number of amides is 2. The van der Waals surface area contributed by atoms with Crippen LogP contribution in [-0.4, -0.2) is 33.3 Å². The van der Waals surface area contributed by atoms with Crippen molar-refractivity contribution >= 4 is 39.8 Å². The van der Waals surface area contributed by atoms with Crippen molar-refractivity contribution in [3.8, 4) is 5.69 Å². The molecule has 1 aromatic carbocycles. The fraction of sp³-hybridized carbons (Fsp3) is 0.360. The van der Waals surface area contributed by atoms with Crippen molar-refractivity contribution in [2.45, 2.75) is 52.6 Å². The highest BCUT2D eigenvalue weighted by Crippen LogP contribution is 2.38. The summed E-state index contributed by atoms with van der Waals surface area (Å²) in [7, 11) is 1.73. The lowest BCUT2D eigenvalue weighted by Gasteiger charge is -2.16. The zero-order valence-electron chi connectivity index (χ0n) is 20.1. The van der Waals surface area contributed by atoms with Gasteiger partial charge in [0.05, 0.1) is 16.9 Å². The molecule has 4 rings (SSSR count). The molecule has 3 aromatic rings. The van der Waals surface area contributed by atoms with Crippen LogP contribution >= 0.6 is 11.3 Å². The Labute approximate surface area is 206 Å². The van der Waals surface area contributed by atoms with Crippen LogP contribution in [0.3, 0.4) is 0 Å². The highest BCUT2D eigenvalue weighted by molar-refractivity contribution is 7.17. The van der Waals surface area contributed by atoms with E-state index in [0.717, 1.165) is 36.1 Å². The van der Waals surface area contributed by atoms with Crippen molar-refractivity contribution in [1.29, 1.82) is 0 Å². The fourth-order valence-corrected chi connectivity index (χ4v) is 5.56. The number of carbonyl (C=O) groups is 3. The van der Waals surface area contributed by atoms with Gasteiger partial charge >= 0.3 is 5.97 Å². The summed E-state index contributed by atoms with van der Waals surface area (Å²) in [4.78, 5) is 51.8. The molecule has 2 aromatic heterocycles. The number of thiophene rings is 1. The van der Waals surface area contributed by atoms with E-state index in [1.54, 1.807) is 30.8 Å². The molecule has 0 bridgehead atoms. The van der Waals surface area contributed by atoms with Crippen LogP contribution in [0, 0.1) is 6.92 Å². The van der Waals surface area contributed by atoms with Crippen molar-refractivity contribution < 1.29 is 19.1 Å². The molecule has 0 saturated carbocycles. The number of esters is 1. The molecule has 184 valence electrons. The number of aromatic nitrogens is 2. The number of nitrogens with zero attached hydrogens (tertiary/aromatic N) is 2. The minimum atomic E-state index is -1.16. The van der Waals surface area contributed by atoms with Gasteiger partial charge in [-0.15, -0.1) is 11.3 Å².